The molecule has 0 saturated heterocycles. The van der Waals surface area contributed by atoms with E-state index in [2.05, 4.69) is 15.5 Å². The lowest BCUT2D eigenvalue weighted by Crippen LogP contribution is -2.15. The van der Waals surface area contributed by atoms with Crippen LogP contribution in [0.5, 0.6) is 0 Å². The van der Waals surface area contributed by atoms with E-state index in [0.29, 0.717) is 10.9 Å². The lowest BCUT2D eigenvalue weighted by atomic mass is 10.1. The Kier molecular flexibility index (Phi) is 6.95. The maximum absolute atomic E-state index is 13.7. The van der Waals surface area contributed by atoms with E-state index in [-0.39, 0.29) is 33.9 Å². The number of amides is 1. The van der Waals surface area contributed by atoms with E-state index in [4.69, 9.17) is 16.3 Å². The van der Waals surface area contributed by atoms with Gasteiger partial charge in [0.2, 0.25) is 11.0 Å². The van der Waals surface area contributed by atoms with Gasteiger partial charge < -0.3 is 10.1 Å². The third kappa shape index (κ3) is 5.43. The highest BCUT2D eigenvalue weighted by Gasteiger charge is 2.14. The molecular weight excluding hydrogens is 377 g/mol. The van der Waals surface area contributed by atoms with Gasteiger partial charge in [-0.15, -0.1) is 10.2 Å². The number of anilines is 1. The number of thioether (sulfide) groups is 1. The van der Waals surface area contributed by atoms with Crippen molar-refractivity contribution in [1.82, 2.24) is 10.2 Å². The number of carbonyl (C=O) groups is 2. The first-order chi connectivity index (χ1) is 11.5. The molecule has 1 amide bonds. The van der Waals surface area contributed by atoms with E-state index in [0.717, 1.165) is 23.1 Å². The van der Waals surface area contributed by atoms with Crippen molar-refractivity contribution in [2.45, 2.75) is 17.7 Å². The molecule has 0 aliphatic heterocycles. The van der Waals surface area contributed by atoms with Crippen LogP contribution in [0.1, 0.15) is 12.5 Å². The molecule has 1 aromatic heterocycles. The Balaban J connectivity index is 1.90. The fourth-order valence-electron chi connectivity index (χ4n) is 1.67. The molecule has 0 aliphatic rings. The van der Waals surface area contributed by atoms with Gasteiger partial charge in [-0.25, -0.2) is 4.39 Å². The summed E-state index contributed by atoms with van der Waals surface area (Å²) in [6, 6.07) is 4.22. The van der Waals surface area contributed by atoms with Crippen molar-refractivity contribution in [3.8, 4) is 0 Å². The number of nitrogens with one attached hydrogen (secondary N) is 1. The van der Waals surface area contributed by atoms with E-state index >= 15 is 0 Å². The smallest absolute Gasteiger partial charge is 0.316 e. The summed E-state index contributed by atoms with van der Waals surface area (Å²) in [5.41, 5.74) is 0.123. The van der Waals surface area contributed by atoms with Crippen molar-refractivity contribution in [3.63, 3.8) is 0 Å². The van der Waals surface area contributed by atoms with Gasteiger partial charge in [0.1, 0.15) is 5.82 Å². The van der Waals surface area contributed by atoms with Crippen LogP contribution in [0.25, 0.3) is 0 Å². The van der Waals surface area contributed by atoms with Crippen LogP contribution in [-0.4, -0.2) is 34.4 Å². The number of hydrogen-bond donors (Lipinski definition) is 1. The monoisotopic (exact) mass is 389 g/mol. The van der Waals surface area contributed by atoms with Crippen molar-refractivity contribution in [2.75, 3.05) is 17.7 Å². The highest BCUT2D eigenvalue weighted by atomic mass is 35.5. The second-order valence-corrected chi connectivity index (χ2v) is 7.00. The number of benzene rings is 1. The Morgan fingerprint density at radius 3 is 2.92 bits per heavy atom. The average molecular weight is 390 g/mol. The predicted octanol–water partition coefficient (Wildman–Crippen LogP) is 3.17. The molecule has 6 nitrogen and oxygen atoms in total. The number of aromatic nitrogens is 2. The quantitative estimate of drug-likeness (QED) is 0.445. The fourth-order valence-corrected chi connectivity index (χ4v) is 3.46. The Bertz CT molecular complexity index is 722. The topological polar surface area (TPSA) is 81.2 Å². The second kappa shape index (κ2) is 8.95. The standard InChI is InChI=1S/C14H13ClFN3O3S2/c1-2-22-12(21)7-23-14-19-18-13(24-14)17-11(20)6-8-9(15)4-3-5-10(8)16/h3-5H,2,6-7H2,1H3,(H,17,18,20). The first-order valence-corrected chi connectivity index (χ1v) is 9.02. The van der Waals surface area contributed by atoms with Crippen LogP contribution in [-0.2, 0) is 20.7 Å². The first-order valence-electron chi connectivity index (χ1n) is 6.84. The number of esters is 1. The average Bonchev–Trinajstić information content (AvgIpc) is 2.97. The van der Waals surface area contributed by atoms with E-state index < -0.39 is 11.7 Å². The molecule has 0 bridgehead atoms. The molecule has 10 heteroatoms. The molecule has 24 heavy (non-hydrogen) atoms. The largest absolute Gasteiger partial charge is 0.465 e. The van der Waals surface area contributed by atoms with E-state index in [1.807, 2.05) is 0 Å². The normalized spacial score (nSPS) is 10.5. The summed E-state index contributed by atoms with van der Waals surface area (Å²) in [6.45, 7) is 2.04. The second-order valence-electron chi connectivity index (χ2n) is 4.39. The molecule has 1 aromatic carbocycles. The van der Waals surface area contributed by atoms with Gasteiger partial charge in [0.15, 0.2) is 4.34 Å². The molecule has 0 unspecified atom stereocenters. The zero-order chi connectivity index (χ0) is 17.5. The third-order valence-electron chi connectivity index (χ3n) is 2.67. The van der Waals surface area contributed by atoms with Gasteiger partial charge in [0.25, 0.3) is 0 Å². The van der Waals surface area contributed by atoms with E-state index in [1.54, 1.807) is 6.92 Å². The molecule has 0 atom stereocenters. The molecule has 1 heterocycles. The summed E-state index contributed by atoms with van der Waals surface area (Å²) in [5, 5.41) is 10.6. The number of halogens is 2. The summed E-state index contributed by atoms with van der Waals surface area (Å²) in [6.07, 6.45) is -0.212. The van der Waals surface area contributed by atoms with Gasteiger partial charge in [-0.2, -0.15) is 0 Å². The van der Waals surface area contributed by atoms with Crippen LogP contribution in [0.3, 0.4) is 0 Å². The molecule has 2 aromatic rings. The van der Waals surface area contributed by atoms with Crippen molar-refractivity contribution in [3.05, 3.63) is 34.6 Å². The van der Waals surface area contributed by atoms with Crippen LogP contribution >= 0.6 is 34.7 Å². The summed E-state index contributed by atoms with van der Waals surface area (Å²) in [5.74, 6) is -1.24. The van der Waals surface area contributed by atoms with Gasteiger partial charge in [0.05, 0.1) is 18.8 Å². The van der Waals surface area contributed by atoms with Crippen LogP contribution < -0.4 is 5.32 Å². The Hall–Kier alpha value is -1.71. The Labute approximate surface area is 150 Å². The number of rotatable bonds is 7. The molecule has 0 saturated carbocycles. The molecule has 1 N–H and O–H groups in total. The summed E-state index contributed by atoms with van der Waals surface area (Å²) in [4.78, 5) is 23.2. The molecular formula is C14H13ClFN3O3S2. The van der Waals surface area contributed by atoms with Gasteiger partial charge in [0, 0.05) is 10.6 Å². The highest BCUT2D eigenvalue weighted by molar-refractivity contribution is 8.01. The number of nitrogens with zero attached hydrogens (tertiary/aromatic N) is 2. The summed E-state index contributed by atoms with van der Waals surface area (Å²) < 4.78 is 19.0. The first kappa shape index (κ1) is 18.6. The molecule has 2 rings (SSSR count). The Morgan fingerprint density at radius 1 is 1.42 bits per heavy atom. The third-order valence-corrected chi connectivity index (χ3v) is 4.97. The van der Waals surface area contributed by atoms with Gasteiger partial charge in [-0.3, -0.25) is 9.59 Å². The van der Waals surface area contributed by atoms with Crippen LogP contribution in [0, 0.1) is 5.82 Å². The maximum Gasteiger partial charge on any atom is 0.316 e. The minimum absolute atomic E-state index is 0.112. The predicted molar refractivity (Wildman–Crippen MR) is 91.0 cm³/mol. The van der Waals surface area contributed by atoms with Crippen LogP contribution in [0.15, 0.2) is 22.5 Å². The molecule has 0 radical (unpaired) electrons. The molecule has 0 aliphatic carbocycles. The summed E-state index contributed by atoms with van der Waals surface area (Å²) in [7, 11) is 0. The Morgan fingerprint density at radius 2 is 2.21 bits per heavy atom. The number of ether oxygens (including phenoxy) is 1. The van der Waals surface area contributed by atoms with E-state index in [9.17, 15) is 14.0 Å². The van der Waals surface area contributed by atoms with Gasteiger partial charge in [-0.05, 0) is 19.1 Å². The fraction of sp³-hybridized carbons (Fsp3) is 0.286. The summed E-state index contributed by atoms with van der Waals surface area (Å²) >= 11 is 8.16. The zero-order valence-corrected chi connectivity index (χ0v) is 14.9. The maximum atomic E-state index is 13.7. The van der Waals surface area contributed by atoms with Crippen molar-refractivity contribution in [2.24, 2.45) is 0 Å². The molecule has 0 fully saturated rings. The number of carbonyl (C=O) groups excluding carboxylic acids is 2. The molecule has 128 valence electrons. The zero-order valence-electron chi connectivity index (χ0n) is 12.5. The van der Waals surface area contributed by atoms with Crippen LogP contribution in [0.2, 0.25) is 5.02 Å². The minimum Gasteiger partial charge on any atom is -0.465 e. The minimum atomic E-state index is -0.541. The lowest BCUT2D eigenvalue weighted by Gasteiger charge is -2.05. The van der Waals surface area contributed by atoms with Crippen molar-refractivity contribution in [1.29, 1.82) is 0 Å². The van der Waals surface area contributed by atoms with Crippen molar-refractivity contribution < 1.29 is 18.7 Å². The lowest BCUT2D eigenvalue weighted by molar-refractivity contribution is -0.139. The number of hydrogen-bond acceptors (Lipinski definition) is 7. The van der Waals surface area contributed by atoms with Gasteiger partial charge in [-0.1, -0.05) is 40.8 Å². The van der Waals surface area contributed by atoms with Gasteiger partial charge >= 0.3 is 5.97 Å². The van der Waals surface area contributed by atoms with Crippen LogP contribution in [0.4, 0.5) is 9.52 Å². The van der Waals surface area contributed by atoms with E-state index in [1.165, 1.54) is 18.2 Å². The SMILES string of the molecule is CCOC(=O)CSc1nnc(NC(=O)Cc2c(F)cccc2Cl)s1. The highest BCUT2D eigenvalue weighted by Crippen LogP contribution is 2.26. The molecule has 0 spiro atoms. The van der Waals surface area contributed by atoms with Crippen molar-refractivity contribution >= 4 is 51.7 Å².